The first-order valence-electron chi connectivity index (χ1n) is 9.48. The lowest BCUT2D eigenvalue weighted by Gasteiger charge is -2.17. The second-order valence-corrected chi connectivity index (χ2v) is 7.07. The maximum atomic E-state index is 12.7. The van der Waals surface area contributed by atoms with Crippen LogP contribution in [-0.4, -0.2) is 23.5 Å². The van der Waals surface area contributed by atoms with E-state index < -0.39 is 5.97 Å². The summed E-state index contributed by atoms with van der Waals surface area (Å²) in [5, 5.41) is 12.2. The van der Waals surface area contributed by atoms with Gasteiger partial charge in [-0.05, 0) is 52.4 Å². The van der Waals surface area contributed by atoms with Crippen LogP contribution in [0.25, 0.3) is 22.3 Å². The second kappa shape index (κ2) is 9.39. The van der Waals surface area contributed by atoms with Gasteiger partial charge in [-0.15, -0.1) is 0 Å². The maximum Gasteiger partial charge on any atom is 0.305 e. The third kappa shape index (κ3) is 4.84. The Kier molecular flexibility index (Phi) is 6.68. The van der Waals surface area contributed by atoms with Crippen molar-refractivity contribution in [2.75, 3.05) is 6.54 Å². The number of aliphatic carboxylic acids is 1. The summed E-state index contributed by atoms with van der Waals surface area (Å²) in [6, 6.07) is 21.2. The quantitative estimate of drug-likeness (QED) is 0.548. The van der Waals surface area contributed by atoms with Crippen LogP contribution in [0.5, 0.6) is 0 Å². The molecule has 1 amide bonds. The van der Waals surface area contributed by atoms with Crippen LogP contribution in [0.3, 0.4) is 0 Å². The third-order valence-electron chi connectivity index (χ3n) is 4.77. The zero-order valence-corrected chi connectivity index (χ0v) is 16.9. The van der Waals surface area contributed by atoms with Crippen molar-refractivity contribution < 1.29 is 14.7 Å². The summed E-state index contributed by atoms with van der Waals surface area (Å²) < 4.78 is 0. The average Bonchev–Trinajstić information content (AvgIpc) is 2.73. The van der Waals surface area contributed by atoms with E-state index >= 15 is 0 Å². The summed E-state index contributed by atoms with van der Waals surface area (Å²) in [5.41, 5.74) is 5.65. The van der Waals surface area contributed by atoms with Gasteiger partial charge in [0.05, 0.1) is 6.42 Å². The van der Waals surface area contributed by atoms with E-state index in [0.717, 1.165) is 34.2 Å². The second-order valence-electron chi connectivity index (χ2n) is 6.64. The van der Waals surface area contributed by atoms with Crippen LogP contribution in [0.1, 0.15) is 29.3 Å². The number of halogens is 1. The molecule has 3 aromatic rings. The average molecular weight is 408 g/mol. The van der Waals surface area contributed by atoms with Gasteiger partial charge in [-0.1, -0.05) is 67.1 Å². The normalized spacial score (nSPS) is 10.6. The van der Waals surface area contributed by atoms with Crippen molar-refractivity contribution in [2.24, 2.45) is 0 Å². The molecule has 0 spiro atoms. The van der Waals surface area contributed by atoms with E-state index in [0.29, 0.717) is 10.6 Å². The summed E-state index contributed by atoms with van der Waals surface area (Å²) in [5.74, 6) is -1.22. The molecule has 0 atom stereocenters. The number of benzene rings is 3. The molecule has 4 nitrogen and oxygen atoms in total. The zero-order chi connectivity index (χ0) is 20.8. The molecule has 3 rings (SSSR count). The minimum Gasteiger partial charge on any atom is -0.481 e. The fourth-order valence-electron chi connectivity index (χ4n) is 3.41. The highest BCUT2D eigenvalue weighted by Gasteiger charge is 2.16. The van der Waals surface area contributed by atoms with E-state index in [2.05, 4.69) is 18.3 Å². The van der Waals surface area contributed by atoms with E-state index in [4.69, 9.17) is 16.7 Å². The zero-order valence-electron chi connectivity index (χ0n) is 16.1. The smallest absolute Gasteiger partial charge is 0.305 e. The molecule has 2 N–H and O–H groups in total. The molecule has 0 heterocycles. The third-order valence-corrected chi connectivity index (χ3v) is 5.02. The number of hydrogen-bond acceptors (Lipinski definition) is 2. The molecule has 3 aromatic carbocycles. The minimum atomic E-state index is -0.942. The Morgan fingerprint density at radius 3 is 2.24 bits per heavy atom. The monoisotopic (exact) mass is 407 g/mol. The Labute approximate surface area is 175 Å². The molecular formula is C24H22ClNO3. The van der Waals surface area contributed by atoms with E-state index in [-0.39, 0.29) is 18.9 Å². The van der Waals surface area contributed by atoms with E-state index in [1.807, 2.05) is 54.6 Å². The summed E-state index contributed by atoms with van der Waals surface area (Å²) in [4.78, 5) is 23.4. The van der Waals surface area contributed by atoms with Gasteiger partial charge in [-0.3, -0.25) is 9.59 Å². The van der Waals surface area contributed by atoms with Crippen LogP contribution in [0.4, 0.5) is 0 Å². The molecule has 0 aliphatic rings. The lowest BCUT2D eigenvalue weighted by molar-refractivity contribution is -0.136. The van der Waals surface area contributed by atoms with Gasteiger partial charge >= 0.3 is 5.97 Å². The Morgan fingerprint density at radius 2 is 1.55 bits per heavy atom. The molecule has 5 heteroatoms. The molecule has 0 radical (unpaired) electrons. The predicted octanol–water partition coefficient (Wildman–Crippen LogP) is 5.44. The standard InChI is InChI=1S/C24H22ClNO3/c1-2-18-19(16-10-12-17(25)13-11-16)8-5-9-20(18)21-6-3-4-7-22(21)24(29)26-15-14-23(27)28/h3-13H,2,14-15H2,1H3,(H,26,29)(H,27,28). The van der Waals surface area contributed by atoms with Crippen LogP contribution in [0, 0.1) is 0 Å². The first-order chi connectivity index (χ1) is 14.0. The molecule has 0 aliphatic heterocycles. The first-order valence-corrected chi connectivity index (χ1v) is 9.86. The van der Waals surface area contributed by atoms with E-state index in [1.165, 1.54) is 0 Å². The molecule has 0 saturated carbocycles. The van der Waals surface area contributed by atoms with E-state index in [9.17, 15) is 9.59 Å². The number of carbonyl (C=O) groups excluding carboxylic acids is 1. The number of nitrogens with one attached hydrogen (secondary N) is 1. The molecule has 0 unspecified atom stereocenters. The number of carboxylic acid groups (broad SMARTS) is 1. The van der Waals surface area contributed by atoms with Crippen LogP contribution in [0.2, 0.25) is 5.02 Å². The Morgan fingerprint density at radius 1 is 0.897 bits per heavy atom. The molecule has 148 valence electrons. The molecule has 0 fully saturated rings. The van der Waals surface area contributed by atoms with Crippen molar-refractivity contribution >= 4 is 23.5 Å². The highest BCUT2D eigenvalue weighted by atomic mass is 35.5. The summed E-state index contributed by atoms with van der Waals surface area (Å²) >= 11 is 6.04. The highest BCUT2D eigenvalue weighted by Crippen LogP contribution is 2.35. The molecule has 29 heavy (non-hydrogen) atoms. The number of carbonyl (C=O) groups is 2. The van der Waals surface area contributed by atoms with Crippen LogP contribution < -0.4 is 5.32 Å². The van der Waals surface area contributed by atoms with E-state index in [1.54, 1.807) is 6.07 Å². The van der Waals surface area contributed by atoms with Gasteiger partial charge < -0.3 is 10.4 Å². The van der Waals surface area contributed by atoms with Crippen molar-refractivity contribution in [3.63, 3.8) is 0 Å². The van der Waals surface area contributed by atoms with Crippen molar-refractivity contribution in [3.8, 4) is 22.3 Å². The number of rotatable bonds is 7. The molecule has 0 bridgehead atoms. The largest absolute Gasteiger partial charge is 0.481 e. The van der Waals surface area contributed by atoms with Crippen LogP contribution in [0.15, 0.2) is 66.7 Å². The van der Waals surface area contributed by atoms with Crippen molar-refractivity contribution in [3.05, 3.63) is 82.9 Å². The minimum absolute atomic E-state index is 0.0912. The van der Waals surface area contributed by atoms with Crippen molar-refractivity contribution in [1.29, 1.82) is 0 Å². The van der Waals surface area contributed by atoms with Gasteiger partial charge in [0.15, 0.2) is 0 Å². The SMILES string of the molecule is CCc1c(-c2ccc(Cl)cc2)cccc1-c1ccccc1C(=O)NCCC(=O)O. The Hall–Kier alpha value is -3.11. The topological polar surface area (TPSA) is 66.4 Å². The maximum absolute atomic E-state index is 12.7. The van der Waals surface area contributed by atoms with Gasteiger partial charge in [0.1, 0.15) is 0 Å². The fraction of sp³-hybridized carbons (Fsp3) is 0.167. The summed E-state index contributed by atoms with van der Waals surface area (Å²) in [6.45, 7) is 2.18. The number of hydrogen-bond donors (Lipinski definition) is 2. The molecule has 0 aromatic heterocycles. The van der Waals surface area contributed by atoms with Gasteiger partial charge in [0, 0.05) is 17.1 Å². The van der Waals surface area contributed by atoms with Crippen molar-refractivity contribution in [1.82, 2.24) is 5.32 Å². The fourth-order valence-corrected chi connectivity index (χ4v) is 3.54. The van der Waals surface area contributed by atoms with Crippen LogP contribution >= 0.6 is 11.6 Å². The lowest BCUT2D eigenvalue weighted by Crippen LogP contribution is -2.26. The first kappa shape index (κ1) is 20.6. The van der Waals surface area contributed by atoms with Gasteiger partial charge in [0.25, 0.3) is 5.91 Å². The number of carboxylic acids is 1. The molecule has 0 aliphatic carbocycles. The van der Waals surface area contributed by atoms with Crippen molar-refractivity contribution in [2.45, 2.75) is 19.8 Å². The lowest BCUT2D eigenvalue weighted by atomic mass is 9.88. The Balaban J connectivity index is 2.03. The predicted molar refractivity (Wildman–Crippen MR) is 116 cm³/mol. The number of amides is 1. The molecule has 0 saturated heterocycles. The Bertz CT molecular complexity index is 1030. The summed E-state index contributed by atoms with van der Waals surface area (Å²) in [6.07, 6.45) is 0.684. The van der Waals surface area contributed by atoms with Gasteiger partial charge in [-0.25, -0.2) is 0 Å². The summed E-state index contributed by atoms with van der Waals surface area (Å²) in [7, 11) is 0. The van der Waals surface area contributed by atoms with Gasteiger partial charge in [-0.2, -0.15) is 0 Å². The highest BCUT2D eigenvalue weighted by molar-refractivity contribution is 6.30. The molecular weight excluding hydrogens is 386 g/mol. The van der Waals surface area contributed by atoms with Crippen LogP contribution in [-0.2, 0) is 11.2 Å². The van der Waals surface area contributed by atoms with Gasteiger partial charge in [0.2, 0.25) is 0 Å².